The number of likely N-dealkylation sites (N-methyl/N-ethyl adjacent to an activating group) is 1. The molecule has 8 nitrogen and oxygen atoms in total. The first kappa shape index (κ1) is 35.0. The molecule has 43 heavy (non-hydrogen) atoms. The molecule has 0 radical (unpaired) electrons. The van der Waals surface area contributed by atoms with Crippen LogP contribution in [0.25, 0.3) is 0 Å². The molecule has 8 heteroatoms. The van der Waals surface area contributed by atoms with Crippen molar-refractivity contribution in [2.75, 3.05) is 33.7 Å². The Morgan fingerprint density at radius 3 is 2.05 bits per heavy atom. The van der Waals surface area contributed by atoms with Gasteiger partial charge in [-0.1, -0.05) is 83.2 Å². The van der Waals surface area contributed by atoms with Crippen LogP contribution in [-0.4, -0.2) is 94.6 Å². The summed E-state index contributed by atoms with van der Waals surface area (Å²) in [6.45, 7) is 6.99. The second-order valence-electron chi connectivity index (χ2n) is 13.9. The van der Waals surface area contributed by atoms with Gasteiger partial charge in [0.05, 0.1) is 18.7 Å². The first-order valence-corrected chi connectivity index (χ1v) is 16.6. The molecule has 2 fully saturated rings. The fourth-order valence-corrected chi connectivity index (χ4v) is 6.39. The lowest BCUT2D eigenvalue weighted by Gasteiger charge is -2.40. The van der Waals surface area contributed by atoms with Gasteiger partial charge in [-0.15, -0.1) is 0 Å². The minimum absolute atomic E-state index is 0.00299. The number of hydrogen-bond donors (Lipinski definition) is 2. The van der Waals surface area contributed by atoms with E-state index in [1.54, 1.807) is 19.0 Å². The van der Waals surface area contributed by atoms with E-state index in [0.717, 1.165) is 44.1 Å². The summed E-state index contributed by atoms with van der Waals surface area (Å²) in [5.74, 6) is 0.546. The third-order valence-electron chi connectivity index (χ3n) is 9.27. The third-order valence-corrected chi connectivity index (χ3v) is 9.27. The zero-order valence-corrected chi connectivity index (χ0v) is 27.3. The summed E-state index contributed by atoms with van der Waals surface area (Å²) in [6.07, 6.45) is 7.08. The maximum absolute atomic E-state index is 13.9. The number of benzene rings is 1. The Hall–Kier alpha value is -2.45. The van der Waals surface area contributed by atoms with Crippen LogP contribution in [-0.2, 0) is 14.4 Å². The first-order valence-electron chi connectivity index (χ1n) is 16.6. The maximum Gasteiger partial charge on any atom is 0.241 e. The van der Waals surface area contributed by atoms with Crippen LogP contribution in [0.2, 0.25) is 0 Å². The number of nitrogens with zero attached hydrogens (tertiary/aromatic N) is 3. The zero-order valence-electron chi connectivity index (χ0n) is 27.3. The second-order valence-corrected chi connectivity index (χ2v) is 13.9. The SMILES string of the molecule is CC(C)C[C@H](O)[C@H](O)[C@H](CC1CCCCC1)N(CC1CC1)C(=O)CCC(=O)N(CC(=O)N(C)C)C[C@@H](C)c1ccccc1. The lowest BCUT2D eigenvalue weighted by molar-refractivity contribution is -0.144. The molecule has 0 heterocycles. The summed E-state index contributed by atoms with van der Waals surface area (Å²) < 4.78 is 0. The number of aliphatic hydroxyl groups excluding tert-OH is 2. The molecule has 2 saturated carbocycles. The monoisotopic (exact) mass is 599 g/mol. The lowest BCUT2D eigenvalue weighted by Crippen LogP contribution is -2.53. The van der Waals surface area contributed by atoms with Gasteiger partial charge in [-0.3, -0.25) is 14.4 Å². The highest BCUT2D eigenvalue weighted by atomic mass is 16.3. The molecule has 3 rings (SSSR count). The number of rotatable bonds is 17. The van der Waals surface area contributed by atoms with Crippen LogP contribution < -0.4 is 0 Å². The van der Waals surface area contributed by atoms with Crippen LogP contribution >= 0.6 is 0 Å². The Bertz CT molecular complexity index is 1010. The molecule has 4 atom stereocenters. The number of carbonyl (C=O) groups excluding carboxylic acids is 3. The van der Waals surface area contributed by atoms with E-state index in [0.29, 0.717) is 37.8 Å². The van der Waals surface area contributed by atoms with Crippen LogP contribution in [0.5, 0.6) is 0 Å². The van der Waals surface area contributed by atoms with Crippen molar-refractivity contribution in [3.05, 3.63) is 35.9 Å². The quantitative estimate of drug-likeness (QED) is 0.267. The fraction of sp³-hybridized carbons (Fsp3) is 0.743. The van der Waals surface area contributed by atoms with E-state index in [1.807, 2.05) is 56.0 Å². The van der Waals surface area contributed by atoms with Crippen molar-refractivity contribution >= 4 is 17.7 Å². The molecule has 242 valence electrons. The molecular formula is C35H57N3O5. The molecule has 2 aliphatic rings. The van der Waals surface area contributed by atoms with Crippen LogP contribution in [0.4, 0.5) is 0 Å². The largest absolute Gasteiger partial charge is 0.390 e. The highest BCUT2D eigenvalue weighted by molar-refractivity contribution is 5.87. The van der Waals surface area contributed by atoms with Crippen molar-refractivity contribution in [2.45, 2.75) is 116 Å². The van der Waals surface area contributed by atoms with E-state index in [1.165, 1.54) is 11.3 Å². The van der Waals surface area contributed by atoms with Crippen LogP contribution in [0, 0.1) is 17.8 Å². The normalized spacial score (nSPS) is 18.5. The van der Waals surface area contributed by atoms with Gasteiger partial charge in [-0.05, 0) is 54.9 Å². The van der Waals surface area contributed by atoms with Gasteiger partial charge in [0.25, 0.3) is 0 Å². The van der Waals surface area contributed by atoms with Gasteiger partial charge in [-0.2, -0.15) is 0 Å². The van der Waals surface area contributed by atoms with Gasteiger partial charge in [0.1, 0.15) is 6.10 Å². The molecule has 2 aliphatic carbocycles. The van der Waals surface area contributed by atoms with Gasteiger partial charge in [0.2, 0.25) is 17.7 Å². The minimum atomic E-state index is -1.02. The number of aliphatic hydroxyl groups is 2. The molecule has 0 bridgehead atoms. The van der Waals surface area contributed by atoms with E-state index in [-0.39, 0.29) is 48.9 Å². The number of amides is 3. The average Bonchev–Trinajstić information content (AvgIpc) is 3.81. The molecule has 1 aromatic carbocycles. The Morgan fingerprint density at radius 1 is 0.837 bits per heavy atom. The minimum Gasteiger partial charge on any atom is -0.390 e. The summed E-state index contributed by atoms with van der Waals surface area (Å²) in [4.78, 5) is 45.0. The Labute approximate surface area is 259 Å². The highest BCUT2D eigenvalue weighted by Gasteiger charge is 2.39. The topological polar surface area (TPSA) is 101 Å². The summed E-state index contributed by atoms with van der Waals surface area (Å²) in [7, 11) is 3.35. The van der Waals surface area contributed by atoms with Crippen molar-refractivity contribution in [1.29, 1.82) is 0 Å². The lowest BCUT2D eigenvalue weighted by atomic mass is 9.81. The first-order chi connectivity index (χ1) is 20.5. The maximum atomic E-state index is 13.9. The Kier molecular flexibility index (Phi) is 14.0. The number of hydrogen-bond acceptors (Lipinski definition) is 5. The molecule has 0 aromatic heterocycles. The van der Waals surface area contributed by atoms with Crippen molar-refractivity contribution < 1.29 is 24.6 Å². The second kappa shape index (κ2) is 17.1. The fourth-order valence-electron chi connectivity index (χ4n) is 6.39. The van der Waals surface area contributed by atoms with Gasteiger partial charge < -0.3 is 24.9 Å². The standard InChI is InChI=1S/C35H57N3O5/c1-25(2)20-31(39)35(43)30(21-27-12-8-6-9-13-27)38(23-28-16-17-28)33(41)19-18-32(40)37(24-34(42)36(4)5)22-26(3)29-14-10-7-11-15-29/h7,10-11,14-15,25-28,30-31,35,39,43H,6,8-9,12-13,16-24H2,1-5H3/t26-,30+,31+,35-/m1/s1. The number of carbonyl (C=O) groups is 3. The van der Waals surface area contributed by atoms with Crippen molar-refractivity contribution in [1.82, 2.24) is 14.7 Å². The van der Waals surface area contributed by atoms with E-state index in [2.05, 4.69) is 0 Å². The predicted octanol–water partition coefficient (Wildman–Crippen LogP) is 4.83. The van der Waals surface area contributed by atoms with Crippen LogP contribution in [0.1, 0.15) is 103 Å². The summed E-state index contributed by atoms with van der Waals surface area (Å²) in [5.41, 5.74) is 1.09. The summed E-state index contributed by atoms with van der Waals surface area (Å²) in [5, 5.41) is 22.5. The van der Waals surface area contributed by atoms with Gasteiger partial charge in [0.15, 0.2) is 0 Å². The van der Waals surface area contributed by atoms with Crippen molar-refractivity contribution in [3.8, 4) is 0 Å². The average molecular weight is 600 g/mol. The molecule has 1 aromatic rings. The summed E-state index contributed by atoms with van der Waals surface area (Å²) in [6, 6.07) is 9.45. The Morgan fingerprint density at radius 2 is 1.47 bits per heavy atom. The summed E-state index contributed by atoms with van der Waals surface area (Å²) >= 11 is 0. The molecular weight excluding hydrogens is 542 g/mol. The predicted molar refractivity (Wildman–Crippen MR) is 170 cm³/mol. The third kappa shape index (κ3) is 11.5. The van der Waals surface area contributed by atoms with Crippen molar-refractivity contribution in [2.24, 2.45) is 17.8 Å². The highest BCUT2D eigenvalue weighted by Crippen LogP contribution is 2.35. The molecule has 2 N–H and O–H groups in total. The molecule has 3 amide bonds. The smallest absolute Gasteiger partial charge is 0.241 e. The van der Waals surface area contributed by atoms with Crippen LogP contribution in [0.3, 0.4) is 0 Å². The van der Waals surface area contributed by atoms with Gasteiger partial charge >= 0.3 is 0 Å². The van der Waals surface area contributed by atoms with E-state index >= 15 is 0 Å². The van der Waals surface area contributed by atoms with E-state index in [9.17, 15) is 24.6 Å². The Balaban J connectivity index is 1.75. The van der Waals surface area contributed by atoms with Crippen molar-refractivity contribution in [3.63, 3.8) is 0 Å². The van der Waals surface area contributed by atoms with Gasteiger partial charge in [-0.25, -0.2) is 0 Å². The molecule has 0 saturated heterocycles. The molecule has 0 spiro atoms. The van der Waals surface area contributed by atoms with Crippen LogP contribution in [0.15, 0.2) is 30.3 Å². The molecule has 0 aliphatic heterocycles. The molecule has 0 unspecified atom stereocenters. The van der Waals surface area contributed by atoms with E-state index < -0.39 is 18.2 Å². The van der Waals surface area contributed by atoms with Gasteiger partial charge in [0, 0.05) is 40.0 Å². The zero-order chi connectivity index (χ0) is 31.5. The van der Waals surface area contributed by atoms with E-state index in [4.69, 9.17) is 0 Å².